The van der Waals surface area contributed by atoms with E-state index in [0.29, 0.717) is 22.8 Å². The molecule has 0 aliphatic carbocycles. The topological polar surface area (TPSA) is 90.4 Å². The number of ether oxygens (including phenoxy) is 1. The standard InChI is InChI=1S/C17H15N3O4/c21-10-9-19-17(16(12-18-19)20(22)23)13-5-4-8-15(11-13)24-14-6-2-1-3-7-14/h1-8,11-12,21H,9-10H2. The number of nitro groups is 1. The molecule has 0 aliphatic heterocycles. The lowest BCUT2D eigenvalue weighted by Crippen LogP contribution is -2.06. The van der Waals surface area contributed by atoms with E-state index in [9.17, 15) is 10.1 Å². The number of aliphatic hydroxyl groups is 1. The normalized spacial score (nSPS) is 10.5. The van der Waals surface area contributed by atoms with Crippen LogP contribution in [0, 0.1) is 10.1 Å². The van der Waals surface area contributed by atoms with Crippen molar-refractivity contribution >= 4 is 5.69 Å². The second kappa shape index (κ2) is 6.93. The number of para-hydroxylation sites is 1. The molecular formula is C17H15N3O4. The number of aliphatic hydroxyl groups excluding tert-OH is 1. The van der Waals surface area contributed by atoms with Crippen LogP contribution in [-0.2, 0) is 6.54 Å². The monoisotopic (exact) mass is 325 g/mol. The third kappa shape index (κ3) is 3.26. The summed E-state index contributed by atoms with van der Waals surface area (Å²) in [6.07, 6.45) is 1.19. The summed E-state index contributed by atoms with van der Waals surface area (Å²) in [5.74, 6) is 1.23. The van der Waals surface area contributed by atoms with Crippen molar-refractivity contribution in [2.24, 2.45) is 0 Å². The van der Waals surface area contributed by atoms with E-state index in [4.69, 9.17) is 9.84 Å². The van der Waals surface area contributed by atoms with E-state index in [1.54, 1.807) is 24.3 Å². The van der Waals surface area contributed by atoms with Crippen LogP contribution in [0.2, 0.25) is 0 Å². The maximum Gasteiger partial charge on any atom is 0.314 e. The van der Waals surface area contributed by atoms with E-state index in [1.165, 1.54) is 10.9 Å². The Hall–Kier alpha value is -3.19. The van der Waals surface area contributed by atoms with Gasteiger partial charge in [-0.05, 0) is 24.3 Å². The smallest absolute Gasteiger partial charge is 0.314 e. The molecule has 0 saturated heterocycles. The maximum atomic E-state index is 11.2. The second-order valence-corrected chi connectivity index (χ2v) is 5.03. The summed E-state index contributed by atoms with van der Waals surface area (Å²) in [4.78, 5) is 10.8. The van der Waals surface area contributed by atoms with Crippen molar-refractivity contribution in [3.63, 3.8) is 0 Å². The van der Waals surface area contributed by atoms with E-state index in [-0.39, 0.29) is 18.8 Å². The van der Waals surface area contributed by atoms with Gasteiger partial charge in [-0.3, -0.25) is 14.8 Å². The predicted molar refractivity (Wildman–Crippen MR) is 87.9 cm³/mol. The average Bonchev–Trinajstić information content (AvgIpc) is 3.00. The Morgan fingerprint density at radius 1 is 1.12 bits per heavy atom. The Labute approximate surface area is 137 Å². The fourth-order valence-corrected chi connectivity index (χ4v) is 2.40. The summed E-state index contributed by atoms with van der Waals surface area (Å²) in [6.45, 7) is 0.0129. The molecule has 0 bridgehead atoms. The molecule has 1 N–H and O–H groups in total. The molecular weight excluding hydrogens is 310 g/mol. The third-order valence-electron chi connectivity index (χ3n) is 3.42. The highest BCUT2D eigenvalue weighted by molar-refractivity contribution is 5.70. The van der Waals surface area contributed by atoms with Gasteiger partial charge >= 0.3 is 5.69 Å². The summed E-state index contributed by atoms with van der Waals surface area (Å²) < 4.78 is 7.18. The van der Waals surface area contributed by atoms with Crippen LogP contribution in [0.4, 0.5) is 5.69 Å². The third-order valence-corrected chi connectivity index (χ3v) is 3.42. The van der Waals surface area contributed by atoms with Gasteiger partial charge in [-0.1, -0.05) is 30.3 Å². The number of hydrogen-bond donors (Lipinski definition) is 1. The number of benzene rings is 2. The predicted octanol–water partition coefficient (Wildman–Crippen LogP) is 3.24. The first-order valence-corrected chi connectivity index (χ1v) is 7.33. The lowest BCUT2D eigenvalue weighted by Gasteiger charge is -2.09. The van der Waals surface area contributed by atoms with E-state index < -0.39 is 4.92 Å². The van der Waals surface area contributed by atoms with Crippen LogP contribution in [0.5, 0.6) is 11.5 Å². The van der Waals surface area contributed by atoms with Gasteiger partial charge in [0.25, 0.3) is 0 Å². The highest BCUT2D eigenvalue weighted by Gasteiger charge is 2.22. The average molecular weight is 325 g/mol. The molecule has 0 radical (unpaired) electrons. The molecule has 3 aromatic rings. The van der Waals surface area contributed by atoms with Gasteiger partial charge in [-0.2, -0.15) is 5.10 Å². The first-order chi connectivity index (χ1) is 11.7. The Balaban J connectivity index is 1.99. The molecule has 122 valence electrons. The van der Waals surface area contributed by atoms with Gasteiger partial charge in [0.05, 0.1) is 18.1 Å². The van der Waals surface area contributed by atoms with Gasteiger partial charge in [0.15, 0.2) is 0 Å². The second-order valence-electron chi connectivity index (χ2n) is 5.03. The Morgan fingerprint density at radius 2 is 1.88 bits per heavy atom. The van der Waals surface area contributed by atoms with Crippen LogP contribution < -0.4 is 4.74 Å². The summed E-state index contributed by atoms with van der Waals surface area (Å²) in [5.41, 5.74) is 0.828. The van der Waals surface area contributed by atoms with Crippen LogP contribution in [0.3, 0.4) is 0 Å². The number of nitrogens with zero attached hydrogens (tertiary/aromatic N) is 3. The molecule has 2 aromatic carbocycles. The molecule has 0 fully saturated rings. The summed E-state index contributed by atoms with van der Waals surface area (Å²) in [6, 6.07) is 16.3. The molecule has 0 spiro atoms. The van der Waals surface area contributed by atoms with Crippen molar-refractivity contribution < 1.29 is 14.8 Å². The molecule has 0 atom stereocenters. The van der Waals surface area contributed by atoms with Gasteiger partial charge in [0.2, 0.25) is 0 Å². The van der Waals surface area contributed by atoms with E-state index in [0.717, 1.165) is 0 Å². The molecule has 24 heavy (non-hydrogen) atoms. The van der Waals surface area contributed by atoms with Crippen LogP contribution in [0.25, 0.3) is 11.3 Å². The first-order valence-electron chi connectivity index (χ1n) is 7.33. The van der Waals surface area contributed by atoms with Crippen molar-refractivity contribution in [2.45, 2.75) is 6.54 Å². The minimum atomic E-state index is -0.485. The van der Waals surface area contributed by atoms with Crippen LogP contribution >= 0.6 is 0 Å². The number of rotatable bonds is 6. The molecule has 1 aromatic heterocycles. The summed E-state index contributed by atoms with van der Waals surface area (Å²) in [5, 5.41) is 24.4. The van der Waals surface area contributed by atoms with Crippen molar-refractivity contribution in [3.05, 3.63) is 70.9 Å². The molecule has 7 nitrogen and oxygen atoms in total. The van der Waals surface area contributed by atoms with Crippen LogP contribution in [0.1, 0.15) is 0 Å². The van der Waals surface area contributed by atoms with Gasteiger partial charge in [-0.25, -0.2) is 0 Å². The van der Waals surface area contributed by atoms with Gasteiger partial charge in [-0.15, -0.1) is 0 Å². The number of hydrogen-bond acceptors (Lipinski definition) is 5. The lowest BCUT2D eigenvalue weighted by atomic mass is 10.1. The minimum Gasteiger partial charge on any atom is -0.457 e. The molecule has 7 heteroatoms. The Morgan fingerprint density at radius 3 is 2.58 bits per heavy atom. The van der Waals surface area contributed by atoms with Crippen LogP contribution in [0.15, 0.2) is 60.8 Å². The first kappa shape index (κ1) is 15.7. The fraction of sp³-hybridized carbons (Fsp3) is 0.118. The van der Waals surface area contributed by atoms with E-state index >= 15 is 0 Å². The molecule has 0 aliphatic rings. The molecule has 1 heterocycles. The molecule has 0 saturated carbocycles. The highest BCUT2D eigenvalue weighted by Crippen LogP contribution is 2.33. The Kier molecular flexibility index (Phi) is 4.53. The molecule has 0 amide bonds. The molecule has 3 rings (SSSR count). The van der Waals surface area contributed by atoms with Crippen molar-refractivity contribution in [2.75, 3.05) is 6.61 Å². The van der Waals surface area contributed by atoms with E-state index in [1.807, 2.05) is 30.3 Å². The van der Waals surface area contributed by atoms with Crippen molar-refractivity contribution in [1.82, 2.24) is 9.78 Å². The van der Waals surface area contributed by atoms with Gasteiger partial charge in [0.1, 0.15) is 23.4 Å². The largest absolute Gasteiger partial charge is 0.457 e. The van der Waals surface area contributed by atoms with Gasteiger partial charge in [0, 0.05) is 5.56 Å². The minimum absolute atomic E-state index is 0.111. The lowest BCUT2D eigenvalue weighted by molar-refractivity contribution is -0.384. The zero-order chi connectivity index (χ0) is 16.9. The molecule has 0 unspecified atom stereocenters. The zero-order valence-corrected chi connectivity index (χ0v) is 12.7. The Bertz CT molecular complexity index is 846. The van der Waals surface area contributed by atoms with Crippen molar-refractivity contribution in [1.29, 1.82) is 0 Å². The maximum absolute atomic E-state index is 11.2. The summed E-state index contributed by atoms with van der Waals surface area (Å²) >= 11 is 0. The fourth-order valence-electron chi connectivity index (χ4n) is 2.40. The van der Waals surface area contributed by atoms with Crippen molar-refractivity contribution in [3.8, 4) is 22.8 Å². The number of aromatic nitrogens is 2. The zero-order valence-electron chi connectivity index (χ0n) is 12.7. The quantitative estimate of drug-likeness (QED) is 0.555. The van der Waals surface area contributed by atoms with Gasteiger partial charge < -0.3 is 9.84 Å². The van der Waals surface area contributed by atoms with Crippen LogP contribution in [-0.4, -0.2) is 26.4 Å². The summed E-state index contributed by atoms with van der Waals surface area (Å²) in [7, 11) is 0. The highest BCUT2D eigenvalue weighted by atomic mass is 16.6. The SMILES string of the molecule is O=[N+]([O-])c1cnn(CCO)c1-c1cccc(Oc2ccccc2)c1. The van der Waals surface area contributed by atoms with E-state index in [2.05, 4.69) is 5.10 Å².